The Morgan fingerprint density at radius 1 is 1.47 bits per heavy atom. The summed E-state index contributed by atoms with van der Waals surface area (Å²) >= 11 is 0. The summed E-state index contributed by atoms with van der Waals surface area (Å²) in [5.74, 6) is -0.831. The molecule has 0 fully saturated rings. The molecular weight excluding hydrogens is 223 g/mol. The van der Waals surface area contributed by atoms with Gasteiger partial charge in [-0.05, 0) is 18.1 Å². The number of aryl methyl sites for hydroxylation is 1. The molecule has 0 aliphatic rings. The van der Waals surface area contributed by atoms with E-state index >= 15 is 0 Å². The van der Waals surface area contributed by atoms with Crippen molar-refractivity contribution in [1.82, 2.24) is 0 Å². The zero-order valence-corrected chi connectivity index (χ0v) is 9.77. The average molecular weight is 238 g/mol. The SMILES string of the molecule is CCc1cccc(F)c1N(C)C(=O)N=C(N)N. The highest BCUT2D eigenvalue weighted by molar-refractivity contribution is 5.99. The second kappa shape index (κ2) is 5.29. The van der Waals surface area contributed by atoms with Crippen LogP contribution in [-0.4, -0.2) is 19.0 Å². The molecule has 0 aliphatic carbocycles. The van der Waals surface area contributed by atoms with Gasteiger partial charge in [-0.2, -0.15) is 4.99 Å². The number of hydrogen-bond acceptors (Lipinski definition) is 1. The van der Waals surface area contributed by atoms with Crippen molar-refractivity contribution < 1.29 is 9.18 Å². The molecule has 0 bridgehead atoms. The van der Waals surface area contributed by atoms with Crippen molar-refractivity contribution in [2.24, 2.45) is 16.5 Å². The lowest BCUT2D eigenvalue weighted by molar-refractivity contribution is 0.255. The van der Waals surface area contributed by atoms with Gasteiger partial charge in [0.2, 0.25) is 0 Å². The second-order valence-electron chi connectivity index (χ2n) is 3.48. The average Bonchev–Trinajstić information content (AvgIpc) is 2.26. The first-order chi connectivity index (χ1) is 7.97. The van der Waals surface area contributed by atoms with Crippen LogP contribution in [0.5, 0.6) is 0 Å². The van der Waals surface area contributed by atoms with Gasteiger partial charge in [-0.3, -0.25) is 4.90 Å². The summed E-state index contributed by atoms with van der Waals surface area (Å²) in [5, 5.41) is 0. The second-order valence-corrected chi connectivity index (χ2v) is 3.48. The van der Waals surface area contributed by atoms with Crippen LogP contribution in [0.1, 0.15) is 12.5 Å². The fourth-order valence-electron chi connectivity index (χ4n) is 1.50. The van der Waals surface area contributed by atoms with Crippen molar-refractivity contribution >= 4 is 17.7 Å². The monoisotopic (exact) mass is 238 g/mol. The summed E-state index contributed by atoms with van der Waals surface area (Å²) in [6.45, 7) is 1.87. The molecule has 0 saturated carbocycles. The standard InChI is InChI=1S/C11H15FN4O/c1-3-7-5-4-6-8(12)9(7)16(2)11(17)15-10(13)14/h4-6H,3H2,1-2H3,(H4,13,14,15,17). The molecular formula is C11H15FN4O. The number of halogens is 1. The molecule has 1 aromatic carbocycles. The van der Waals surface area contributed by atoms with E-state index in [1.165, 1.54) is 13.1 Å². The number of nitrogens with two attached hydrogens (primary N) is 2. The van der Waals surface area contributed by atoms with E-state index < -0.39 is 11.8 Å². The Kier molecular flexibility index (Phi) is 4.03. The molecule has 92 valence electrons. The van der Waals surface area contributed by atoms with Crippen LogP contribution in [0.25, 0.3) is 0 Å². The fraction of sp³-hybridized carbons (Fsp3) is 0.273. The van der Waals surface area contributed by atoms with Crippen molar-refractivity contribution in [3.8, 4) is 0 Å². The van der Waals surface area contributed by atoms with Gasteiger partial charge in [-0.15, -0.1) is 0 Å². The number of amides is 2. The van der Waals surface area contributed by atoms with Crippen molar-refractivity contribution in [3.63, 3.8) is 0 Å². The maximum atomic E-state index is 13.7. The van der Waals surface area contributed by atoms with Crippen LogP contribution in [0.15, 0.2) is 23.2 Å². The first kappa shape index (κ1) is 13.0. The molecule has 0 radical (unpaired) electrons. The topological polar surface area (TPSA) is 84.7 Å². The zero-order chi connectivity index (χ0) is 13.0. The third-order valence-corrected chi connectivity index (χ3v) is 2.30. The minimum atomic E-state index is -0.704. The summed E-state index contributed by atoms with van der Waals surface area (Å²) < 4.78 is 13.7. The first-order valence-electron chi connectivity index (χ1n) is 5.12. The highest BCUT2D eigenvalue weighted by Gasteiger charge is 2.17. The van der Waals surface area contributed by atoms with Gasteiger partial charge in [0.05, 0.1) is 5.69 Å². The number of para-hydroxylation sites is 1. The third kappa shape index (κ3) is 2.93. The number of carbonyl (C=O) groups is 1. The highest BCUT2D eigenvalue weighted by atomic mass is 19.1. The lowest BCUT2D eigenvalue weighted by Crippen LogP contribution is -2.31. The first-order valence-corrected chi connectivity index (χ1v) is 5.12. The van der Waals surface area contributed by atoms with E-state index in [9.17, 15) is 9.18 Å². The Hall–Kier alpha value is -2.11. The van der Waals surface area contributed by atoms with Gasteiger partial charge < -0.3 is 11.5 Å². The summed E-state index contributed by atoms with van der Waals surface area (Å²) in [5.41, 5.74) is 11.1. The number of aliphatic imine (C=N–C) groups is 1. The Morgan fingerprint density at radius 3 is 2.65 bits per heavy atom. The van der Waals surface area contributed by atoms with Crippen LogP contribution < -0.4 is 16.4 Å². The summed E-state index contributed by atoms with van der Waals surface area (Å²) in [6, 6.07) is 3.92. The van der Waals surface area contributed by atoms with Crippen LogP contribution in [0.3, 0.4) is 0 Å². The van der Waals surface area contributed by atoms with E-state index in [1.54, 1.807) is 12.1 Å². The Bertz CT molecular complexity index is 455. The molecule has 0 heterocycles. The Labute approximate surface area is 98.9 Å². The number of benzene rings is 1. The lowest BCUT2D eigenvalue weighted by atomic mass is 10.1. The van der Waals surface area contributed by atoms with Crippen LogP contribution in [-0.2, 0) is 6.42 Å². The minimum Gasteiger partial charge on any atom is -0.370 e. The summed E-state index contributed by atoms with van der Waals surface area (Å²) in [6.07, 6.45) is 0.604. The van der Waals surface area contributed by atoms with Gasteiger partial charge in [0.15, 0.2) is 5.96 Å². The van der Waals surface area contributed by atoms with Crippen LogP contribution in [0.2, 0.25) is 0 Å². The molecule has 1 rings (SSSR count). The largest absolute Gasteiger partial charge is 0.370 e. The minimum absolute atomic E-state index is 0.199. The molecule has 2 amide bonds. The number of nitrogens with zero attached hydrogens (tertiary/aromatic N) is 2. The quantitative estimate of drug-likeness (QED) is 0.600. The van der Waals surface area contributed by atoms with Gasteiger partial charge in [0.1, 0.15) is 5.82 Å². The predicted octanol–water partition coefficient (Wildman–Crippen LogP) is 1.22. The molecule has 6 heteroatoms. The molecule has 0 aliphatic heterocycles. The smallest absolute Gasteiger partial charge is 0.351 e. The van der Waals surface area contributed by atoms with E-state index in [-0.39, 0.29) is 11.6 Å². The normalized spacial score (nSPS) is 9.82. The number of rotatable bonds is 2. The molecule has 0 aromatic heterocycles. The lowest BCUT2D eigenvalue weighted by Gasteiger charge is -2.18. The molecule has 4 N–H and O–H groups in total. The van der Waals surface area contributed by atoms with Crippen molar-refractivity contribution in [3.05, 3.63) is 29.6 Å². The molecule has 1 aromatic rings. The van der Waals surface area contributed by atoms with Gasteiger partial charge >= 0.3 is 6.03 Å². The maximum absolute atomic E-state index is 13.7. The molecule has 5 nitrogen and oxygen atoms in total. The third-order valence-electron chi connectivity index (χ3n) is 2.30. The van der Waals surface area contributed by atoms with Gasteiger partial charge in [-0.25, -0.2) is 9.18 Å². The molecule has 0 atom stereocenters. The van der Waals surface area contributed by atoms with Crippen LogP contribution in [0, 0.1) is 5.82 Å². The van der Waals surface area contributed by atoms with Gasteiger partial charge in [0.25, 0.3) is 0 Å². The van der Waals surface area contributed by atoms with Gasteiger partial charge in [-0.1, -0.05) is 19.1 Å². The van der Waals surface area contributed by atoms with Gasteiger partial charge in [0, 0.05) is 7.05 Å². The summed E-state index contributed by atoms with van der Waals surface area (Å²) in [4.78, 5) is 16.0. The number of urea groups is 1. The van der Waals surface area contributed by atoms with E-state index in [4.69, 9.17) is 11.5 Å². The maximum Gasteiger partial charge on any atom is 0.351 e. The molecule has 0 unspecified atom stereocenters. The summed E-state index contributed by atoms with van der Waals surface area (Å²) in [7, 11) is 1.42. The van der Waals surface area contributed by atoms with E-state index in [1.807, 2.05) is 6.92 Å². The van der Waals surface area contributed by atoms with Crippen LogP contribution >= 0.6 is 0 Å². The Morgan fingerprint density at radius 2 is 2.12 bits per heavy atom. The van der Waals surface area contributed by atoms with E-state index in [0.29, 0.717) is 12.0 Å². The van der Waals surface area contributed by atoms with Crippen molar-refractivity contribution in [2.45, 2.75) is 13.3 Å². The van der Waals surface area contributed by atoms with Crippen LogP contribution in [0.4, 0.5) is 14.9 Å². The fourth-order valence-corrected chi connectivity index (χ4v) is 1.50. The number of guanidine groups is 1. The van der Waals surface area contributed by atoms with Crippen molar-refractivity contribution in [1.29, 1.82) is 0 Å². The predicted molar refractivity (Wildman–Crippen MR) is 65.4 cm³/mol. The highest BCUT2D eigenvalue weighted by Crippen LogP contribution is 2.24. The molecule has 0 saturated heterocycles. The van der Waals surface area contributed by atoms with Crippen molar-refractivity contribution in [2.75, 3.05) is 11.9 Å². The number of carbonyl (C=O) groups excluding carboxylic acids is 1. The molecule has 17 heavy (non-hydrogen) atoms. The number of hydrogen-bond donors (Lipinski definition) is 2. The Balaban J connectivity index is 3.15. The number of anilines is 1. The van der Waals surface area contributed by atoms with E-state index in [2.05, 4.69) is 4.99 Å². The zero-order valence-electron chi connectivity index (χ0n) is 9.77. The van der Waals surface area contributed by atoms with E-state index in [0.717, 1.165) is 4.90 Å². The molecule has 0 spiro atoms.